The van der Waals surface area contributed by atoms with E-state index in [1.807, 2.05) is 6.92 Å². The summed E-state index contributed by atoms with van der Waals surface area (Å²) in [7, 11) is 1.76. The molecule has 1 aliphatic rings. The van der Waals surface area contributed by atoms with Gasteiger partial charge >= 0.3 is 0 Å². The van der Waals surface area contributed by atoms with Crippen molar-refractivity contribution in [1.29, 1.82) is 0 Å². The molecule has 1 unspecified atom stereocenters. The van der Waals surface area contributed by atoms with Crippen LogP contribution in [-0.2, 0) is 9.47 Å². The maximum Gasteiger partial charge on any atom is 0.0593 e. The molecular weight excluding hydrogens is 204 g/mol. The fourth-order valence-corrected chi connectivity index (χ4v) is 2.08. The zero-order valence-electron chi connectivity index (χ0n) is 10.7. The second kappa shape index (κ2) is 8.93. The van der Waals surface area contributed by atoms with E-state index < -0.39 is 0 Å². The van der Waals surface area contributed by atoms with Crippen molar-refractivity contribution < 1.29 is 9.47 Å². The van der Waals surface area contributed by atoms with Gasteiger partial charge in [0.1, 0.15) is 0 Å². The molecule has 0 amide bonds. The molecule has 0 spiro atoms. The fourth-order valence-electron chi connectivity index (χ4n) is 2.08. The van der Waals surface area contributed by atoms with Crippen LogP contribution in [0.4, 0.5) is 0 Å². The van der Waals surface area contributed by atoms with Gasteiger partial charge in [-0.15, -0.1) is 0 Å². The normalized spacial score (nSPS) is 20.8. The Kier molecular flexibility index (Phi) is 7.76. The second-order valence-corrected chi connectivity index (χ2v) is 4.28. The van der Waals surface area contributed by atoms with Crippen molar-refractivity contribution in [2.45, 2.75) is 25.8 Å². The molecule has 0 aliphatic carbocycles. The maximum absolute atomic E-state index is 5.41. The van der Waals surface area contributed by atoms with Gasteiger partial charge in [-0.2, -0.15) is 0 Å². The summed E-state index contributed by atoms with van der Waals surface area (Å²) in [6.45, 7) is 8.78. The van der Waals surface area contributed by atoms with E-state index in [2.05, 4.69) is 10.2 Å². The van der Waals surface area contributed by atoms with E-state index in [9.17, 15) is 0 Å². The molecule has 0 aromatic rings. The highest BCUT2D eigenvalue weighted by atomic mass is 16.5. The first kappa shape index (κ1) is 13.9. The van der Waals surface area contributed by atoms with Crippen LogP contribution < -0.4 is 5.32 Å². The van der Waals surface area contributed by atoms with E-state index >= 15 is 0 Å². The van der Waals surface area contributed by atoms with E-state index in [-0.39, 0.29) is 0 Å². The van der Waals surface area contributed by atoms with Crippen LogP contribution in [0.2, 0.25) is 0 Å². The molecule has 4 nitrogen and oxygen atoms in total. The first-order valence-corrected chi connectivity index (χ1v) is 6.39. The summed E-state index contributed by atoms with van der Waals surface area (Å²) in [5, 5.41) is 3.53. The molecule has 0 aromatic carbocycles. The summed E-state index contributed by atoms with van der Waals surface area (Å²) < 4.78 is 10.5. The van der Waals surface area contributed by atoms with Gasteiger partial charge in [0.05, 0.1) is 13.2 Å². The van der Waals surface area contributed by atoms with Crippen LogP contribution >= 0.6 is 0 Å². The highest BCUT2D eigenvalue weighted by molar-refractivity contribution is 4.77. The standard InChI is InChI=1S/C12H26N2O2/c1-3-16-10-8-14(7-9-15-2)11-12-5-4-6-13-12/h12-13H,3-11H2,1-2H3. The number of ether oxygens (including phenoxy) is 2. The summed E-state index contributed by atoms with van der Waals surface area (Å²) in [5.74, 6) is 0. The van der Waals surface area contributed by atoms with Gasteiger partial charge in [0, 0.05) is 39.4 Å². The third-order valence-corrected chi connectivity index (χ3v) is 3.01. The Balaban J connectivity index is 2.18. The summed E-state index contributed by atoms with van der Waals surface area (Å²) in [6.07, 6.45) is 2.62. The van der Waals surface area contributed by atoms with Crippen LogP contribution in [0.3, 0.4) is 0 Å². The minimum absolute atomic E-state index is 0.665. The van der Waals surface area contributed by atoms with Gasteiger partial charge in [0.25, 0.3) is 0 Å². The highest BCUT2D eigenvalue weighted by Gasteiger charge is 2.17. The molecule has 1 fully saturated rings. The van der Waals surface area contributed by atoms with Crippen LogP contribution in [0.5, 0.6) is 0 Å². The van der Waals surface area contributed by atoms with Crippen LogP contribution in [0, 0.1) is 0 Å². The molecule has 0 saturated carbocycles. The van der Waals surface area contributed by atoms with Crippen molar-refractivity contribution in [1.82, 2.24) is 10.2 Å². The Labute approximate surface area is 99.3 Å². The lowest BCUT2D eigenvalue weighted by Gasteiger charge is -2.25. The van der Waals surface area contributed by atoms with E-state index in [1.165, 1.54) is 19.4 Å². The molecule has 1 aliphatic heterocycles. The van der Waals surface area contributed by atoms with Crippen molar-refractivity contribution in [2.24, 2.45) is 0 Å². The highest BCUT2D eigenvalue weighted by Crippen LogP contribution is 2.06. The Morgan fingerprint density at radius 1 is 1.31 bits per heavy atom. The SMILES string of the molecule is CCOCCN(CCOC)CC1CCCN1. The third-order valence-electron chi connectivity index (χ3n) is 3.01. The smallest absolute Gasteiger partial charge is 0.0593 e. The zero-order chi connectivity index (χ0) is 11.6. The van der Waals surface area contributed by atoms with Gasteiger partial charge in [-0.3, -0.25) is 4.90 Å². The maximum atomic E-state index is 5.41. The van der Waals surface area contributed by atoms with Gasteiger partial charge in [0.2, 0.25) is 0 Å². The van der Waals surface area contributed by atoms with E-state index in [0.717, 1.165) is 39.5 Å². The Bertz CT molecular complexity index is 161. The number of nitrogens with zero attached hydrogens (tertiary/aromatic N) is 1. The lowest BCUT2D eigenvalue weighted by atomic mass is 10.2. The zero-order valence-corrected chi connectivity index (χ0v) is 10.7. The Morgan fingerprint density at radius 2 is 2.12 bits per heavy atom. The predicted octanol–water partition coefficient (Wildman–Crippen LogP) is 0.723. The lowest BCUT2D eigenvalue weighted by molar-refractivity contribution is 0.0908. The molecule has 0 radical (unpaired) electrons. The number of hydrogen-bond donors (Lipinski definition) is 1. The first-order valence-electron chi connectivity index (χ1n) is 6.39. The van der Waals surface area contributed by atoms with Gasteiger partial charge in [0.15, 0.2) is 0 Å². The summed E-state index contributed by atoms with van der Waals surface area (Å²) in [5.41, 5.74) is 0. The molecule has 1 heterocycles. The molecule has 0 bridgehead atoms. The molecule has 1 N–H and O–H groups in total. The minimum atomic E-state index is 0.665. The molecule has 96 valence electrons. The lowest BCUT2D eigenvalue weighted by Crippen LogP contribution is -2.40. The van der Waals surface area contributed by atoms with Crippen molar-refractivity contribution in [3.63, 3.8) is 0 Å². The topological polar surface area (TPSA) is 33.7 Å². The quantitative estimate of drug-likeness (QED) is 0.592. The van der Waals surface area contributed by atoms with Gasteiger partial charge in [-0.25, -0.2) is 0 Å². The molecule has 4 heteroatoms. The van der Waals surface area contributed by atoms with Crippen molar-refractivity contribution >= 4 is 0 Å². The molecule has 1 rings (SSSR count). The third kappa shape index (κ3) is 5.80. The summed E-state index contributed by atoms with van der Waals surface area (Å²) in [4.78, 5) is 2.43. The number of rotatable bonds is 9. The second-order valence-electron chi connectivity index (χ2n) is 4.28. The average Bonchev–Trinajstić information content (AvgIpc) is 2.78. The van der Waals surface area contributed by atoms with E-state index in [0.29, 0.717) is 6.04 Å². The van der Waals surface area contributed by atoms with Crippen LogP contribution in [-0.4, -0.2) is 64.1 Å². The van der Waals surface area contributed by atoms with Crippen LogP contribution in [0.15, 0.2) is 0 Å². The molecular formula is C12H26N2O2. The number of nitrogens with one attached hydrogen (secondary N) is 1. The fraction of sp³-hybridized carbons (Fsp3) is 1.00. The minimum Gasteiger partial charge on any atom is -0.383 e. The molecule has 1 saturated heterocycles. The Hall–Kier alpha value is -0.160. The van der Waals surface area contributed by atoms with E-state index in [4.69, 9.17) is 9.47 Å². The summed E-state index contributed by atoms with van der Waals surface area (Å²) in [6, 6.07) is 0.665. The molecule has 16 heavy (non-hydrogen) atoms. The molecule has 0 aromatic heterocycles. The van der Waals surface area contributed by atoms with Crippen LogP contribution in [0.1, 0.15) is 19.8 Å². The first-order chi connectivity index (χ1) is 7.86. The molecule has 1 atom stereocenters. The number of hydrogen-bond acceptors (Lipinski definition) is 4. The predicted molar refractivity (Wildman–Crippen MR) is 65.8 cm³/mol. The largest absolute Gasteiger partial charge is 0.383 e. The van der Waals surface area contributed by atoms with Crippen molar-refractivity contribution in [3.05, 3.63) is 0 Å². The van der Waals surface area contributed by atoms with E-state index in [1.54, 1.807) is 7.11 Å². The van der Waals surface area contributed by atoms with Crippen LogP contribution in [0.25, 0.3) is 0 Å². The van der Waals surface area contributed by atoms with Gasteiger partial charge in [-0.05, 0) is 26.3 Å². The van der Waals surface area contributed by atoms with Crippen molar-refractivity contribution in [2.75, 3.05) is 53.1 Å². The monoisotopic (exact) mass is 230 g/mol. The number of methoxy groups -OCH3 is 1. The van der Waals surface area contributed by atoms with Gasteiger partial charge < -0.3 is 14.8 Å². The van der Waals surface area contributed by atoms with Crippen molar-refractivity contribution in [3.8, 4) is 0 Å². The average molecular weight is 230 g/mol. The Morgan fingerprint density at radius 3 is 2.75 bits per heavy atom. The van der Waals surface area contributed by atoms with Gasteiger partial charge in [-0.1, -0.05) is 0 Å². The summed E-state index contributed by atoms with van der Waals surface area (Å²) >= 11 is 0.